The Morgan fingerprint density at radius 2 is 1.95 bits per heavy atom. The molecule has 2 aromatic carbocycles. The largest absolute Gasteiger partial charge is 0.507 e. The summed E-state index contributed by atoms with van der Waals surface area (Å²) >= 11 is 4.82. The highest BCUT2D eigenvalue weighted by Gasteiger charge is 2.14. The van der Waals surface area contributed by atoms with Crippen molar-refractivity contribution in [2.24, 2.45) is 5.73 Å². The summed E-state index contributed by atoms with van der Waals surface area (Å²) in [7, 11) is 0. The van der Waals surface area contributed by atoms with E-state index in [0.29, 0.717) is 22.7 Å². The van der Waals surface area contributed by atoms with E-state index in [1.807, 2.05) is 26.0 Å². The van der Waals surface area contributed by atoms with Crippen LogP contribution < -0.4 is 11.1 Å². The zero-order valence-corrected chi connectivity index (χ0v) is 13.0. The first-order valence-corrected chi connectivity index (χ1v) is 7.12. The maximum atomic E-state index is 10.1. The average Bonchev–Trinajstić information content (AvgIpc) is 2.83. The first-order valence-electron chi connectivity index (χ1n) is 6.71. The monoisotopic (exact) mass is 313 g/mol. The molecule has 22 heavy (non-hydrogen) atoms. The van der Waals surface area contributed by atoms with Gasteiger partial charge < -0.3 is 20.6 Å². The molecule has 3 aromatic rings. The number of oxazole rings is 1. The van der Waals surface area contributed by atoms with Gasteiger partial charge in [0.25, 0.3) is 0 Å². The van der Waals surface area contributed by atoms with Gasteiger partial charge in [0, 0.05) is 5.69 Å². The van der Waals surface area contributed by atoms with Crippen molar-refractivity contribution in [2.45, 2.75) is 13.8 Å². The molecule has 0 bridgehead atoms. The lowest BCUT2D eigenvalue weighted by Gasteiger charge is -2.06. The van der Waals surface area contributed by atoms with E-state index in [2.05, 4.69) is 10.3 Å². The Morgan fingerprint density at radius 3 is 2.68 bits per heavy atom. The predicted octanol–water partition coefficient (Wildman–Crippen LogP) is 3.47. The van der Waals surface area contributed by atoms with Crippen molar-refractivity contribution in [3.05, 3.63) is 41.5 Å². The second-order valence-electron chi connectivity index (χ2n) is 5.14. The van der Waals surface area contributed by atoms with Gasteiger partial charge in [0.15, 0.2) is 10.7 Å². The number of nitrogens with zero attached hydrogens (tertiary/aromatic N) is 1. The molecule has 0 saturated heterocycles. The number of phenols is 1. The minimum absolute atomic E-state index is 0.0773. The molecule has 4 N–H and O–H groups in total. The van der Waals surface area contributed by atoms with Crippen LogP contribution in [0, 0.1) is 13.8 Å². The first-order chi connectivity index (χ1) is 10.4. The lowest BCUT2D eigenvalue weighted by atomic mass is 10.1. The standard InChI is InChI=1S/C16H15N3O2S/c1-8-5-12-14(6-9(8)2)21-15(19-12)11-7-10(18-16(17)22)3-4-13(11)20/h3-7,20H,1-2H3,(H3,17,18,22). The molecule has 0 amide bonds. The van der Waals surface area contributed by atoms with E-state index in [0.717, 1.165) is 16.6 Å². The van der Waals surface area contributed by atoms with Crippen LogP contribution in [0.4, 0.5) is 5.69 Å². The molecule has 5 nitrogen and oxygen atoms in total. The minimum Gasteiger partial charge on any atom is -0.507 e. The van der Waals surface area contributed by atoms with E-state index in [4.69, 9.17) is 22.4 Å². The summed E-state index contributed by atoms with van der Waals surface area (Å²) in [6, 6.07) is 8.82. The number of nitrogens with one attached hydrogen (secondary N) is 1. The summed E-state index contributed by atoms with van der Waals surface area (Å²) < 4.78 is 5.77. The van der Waals surface area contributed by atoms with Crippen molar-refractivity contribution in [3.8, 4) is 17.2 Å². The van der Waals surface area contributed by atoms with Crippen molar-refractivity contribution >= 4 is 34.1 Å². The lowest BCUT2D eigenvalue weighted by Crippen LogP contribution is -2.18. The number of fused-ring (bicyclic) bond motifs is 1. The van der Waals surface area contributed by atoms with Gasteiger partial charge >= 0.3 is 0 Å². The fraction of sp³-hybridized carbons (Fsp3) is 0.125. The van der Waals surface area contributed by atoms with Gasteiger partial charge in [-0.05, 0) is 67.5 Å². The summed E-state index contributed by atoms with van der Waals surface area (Å²) in [4.78, 5) is 4.45. The van der Waals surface area contributed by atoms with Crippen molar-refractivity contribution in [1.29, 1.82) is 0 Å². The fourth-order valence-corrected chi connectivity index (χ4v) is 2.34. The molecular formula is C16H15N3O2S. The molecule has 112 valence electrons. The average molecular weight is 313 g/mol. The van der Waals surface area contributed by atoms with Crippen LogP contribution in [0.1, 0.15) is 11.1 Å². The molecule has 0 saturated carbocycles. The summed E-state index contributed by atoms with van der Waals surface area (Å²) in [5.74, 6) is 0.428. The van der Waals surface area contributed by atoms with Crippen LogP contribution in [-0.2, 0) is 0 Å². The van der Waals surface area contributed by atoms with Crippen molar-refractivity contribution in [1.82, 2.24) is 4.98 Å². The molecular weight excluding hydrogens is 298 g/mol. The van der Waals surface area contributed by atoms with Gasteiger partial charge in [0.2, 0.25) is 5.89 Å². The molecule has 0 atom stereocenters. The second kappa shape index (κ2) is 5.31. The number of aromatic nitrogens is 1. The van der Waals surface area contributed by atoms with Crippen molar-refractivity contribution in [3.63, 3.8) is 0 Å². The van der Waals surface area contributed by atoms with Gasteiger partial charge in [-0.3, -0.25) is 0 Å². The van der Waals surface area contributed by atoms with Crippen LogP contribution >= 0.6 is 12.2 Å². The van der Waals surface area contributed by atoms with E-state index in [1.165, 1.54) is 0 Å². The maximum Gasteiger partial charge on any atom is 0.231 e. The van der Waals surface area contributed by atoms with Crippen LogP contribution in [0.15, 0.2) is 34.7 Å². The van der Waals surface area contributed by atoms with E-state index in [9.17, 15) is 5.11 Å². The number of hydrogen-bond donors (Lipinski definition) is 3. The number of benzene rings is 2. The van der Waals surface area contributed by atoms with E-state index in [1.54, 1.807) is 18.2 Å². The number of aryl methyl sites for hydroxylation is 2. The smallest absolute Gasteiger partial charge is 0.231 e. The van der Waals surface area contributed by atoms with Gasteiger partial charge in [-0.25, -0.2) is 4.98 Å². The Hall–Kier alpha value is -2.60. The fourth-order valence-electron chi connectivity index (χ4n) is 2.22. The molecule has 1 heterocycles. The van der Waals surface area contributed by atoms with Crippen molar-refractivity contribution in [2.75, 3.05) is 5.32 Å². The molecule has 0 aliphatic rings. The van der Waals surface area contributed by atoms with Gasteiger partial charge in [0.05, 0.1) is 5.56 Å². The Morgan fingerprint density at radius 1 is 1.23 bits per heavy atom. The molecule has 0 radical (unpaired) electrons. The van der Waals surface area contributed by atoms with Gasteiger partial charge in [0.1, 0.15) is 11.3 Å². The van der Waals surface area contributed by atoms with Gasteiger partial charge in [-0.1, -0.05) is 0 Å². The third-order valence-corrected chi connectivity index (χ3v) is 3.60. The van der Waals surface area contributed by atoms with Gasteiger partial charge in [-0.15, -0.1) is 0 Å². The van der Waals surface area contributed by atoms with Crippen LogP contribution in [0.3, 0.4) is 0 Å². The number of anilines is 1. The Balaban J connectivity index is 2.12. The molecule has 3 rings (SSSR count). The van der Waals surface area contributed by atoms with Crippen molar-refractivity contribution < 1.29 is 9.52 Å². The molecule has 1 aromatic heterocycles. The molecule has 0 spiro atoms. The van der Waals surface area contributed by atoms with Gasteiger partial charge in [-0.2, -0.15) is 0 Å². The number of thiocarbonyl (C=S) groups is 1. The number of rotatable bonds is 2. The summed E-state index contributed by atoms with van der Waals surface area (Å²) in [5.41, 5.74) is 10.3. The third-order valence-electron chi connectivity index (χ3n) is 3.50. The summed E-state index contributed by atoms with van der Waals surface area (Å²) in [6.45, 7) is 4.04. The highest BCUT2D eigenvalue weighted by Crippen LogP contribution is 2.33. The zero-order valence-electron chi connectivity index (χ0n) is 12.2. The molecule has 0 fully saturated rings. The number of hydrogen-bond acceptors (Lipinski definition) is 4. The second-order valence-corrected chi connectivity index (χ2v) is 5.58. The van der Waals surface area contributed by atoms with Crippen LogP contribution in [0.25, 0.3) is 22.6 Å². The zero-order chi connectivity index (χ0) is 15.9. The topological polar surface area (TPSA) is 84.3 Å². The van der Waals surface area contributed by atoms with E-state index >= 15 is 0 Å². The Labute approximate surface area is 132 Å². The van der Waals surface area contributed by atoms with E-state index in [-0.39, 0.29) is 10.9 Å². The highest BCUT2D eigenvalue weighted by molar-refractivity contribution is 7.80. The SMILES string of the molecule is Cc1cc2nc(-c3cc(NC(N)=S)ccc3O)oc2cc1C. The Bertz CT molecular complexity index is 847. The molecule has 0 aliphatic carbocycles. The van der Waals surface area contributed by atoms with Crippen LogP contribution in [-0.4, -0.2) is 15.2 Å². The lowest BCUT2D eigenvalue weighted by molar-refractivity contribution is 0.474. The summed E-state index contributed by atoms with van der Waals surface area (Å²) in [6.07, 6.45) is 0. The van der Waals surface area contributed by atoms with E-state index < -0.39 is 0 Å². The van der Waals surface area contributed by atoms with Crippen LogP contribution in [0.2, 0.25) is 0 Å². The quantitative estimate of drug-likeness (QED) is 0.496. The molecule has 6 heteroatoms. The Kier molecular flexibility index (Phi) is 3.46. The maximum absolute atomic E-state index is 10.1. The molecule has 0 aliphatic heterocycles. The predicted molar refractivity (Wildman–Crippen MR) is 91.0 cm³/mol. The first kappa shape index (κ1) is 14.3. The normalized spacial score (nSPS) is 10.8. The highest BCUT2D eigenvalue weighted by atomic mass is 32.1. The number of aromatic hydroxyl groups is 1. The summed E-state index contributed by atoms with van der Waals surface area (Å²) in [5, 5.41) is 13.0. The number of phenolic OH excluding ortho intramolecular Hbond substituents is 1. The third kappa shape index (κ3) is 2.60. The number of nitrogens with two attached hydrogens (primary N) is 1. The minimum atomic E-state index is 0.0773. The molecule has 0 unspecified atom stereocenters. The van der Waals surface area contributed by atoms with Crippen LogP contribution in [0.5, 0.6) is 5.75 Å².